The summed E-state index contributed by atoms with van der Waals surface area (Å²) < 4.78 is 27.2. The summed E-state index contributed by atoms with van der Waals surface area (Å²) in [5, 5.41) is 3.91. The lowest BCUT2D eigenvalue weighted by molar-refractivity contribution is 0.295. The van der Waals surface area contributed by atoms with Crippen LogP contribution in [0.25, 0.3) is 54.9 Å². The second-order valence-electron chi connectivity index (χ2n) is 14.6. The summed E-state index contributed by atoms with van der Waals surface area (Å²) in [5.41, 5.74) is 9.89. The van der Waals surface area contributed by atoms with Gasteiger partial charge in [-0.15, -0.1) is 0 Å². The van der Waals surface area contributed by atoms with Gasteiger partial charge in [0.15, 0.2) is 0 Å². The quantitative estimate of drug-likeness (QED) is 0.180. The first kappa shape index (κ1) is 33.1. The van der Waals surface area contributed by atoms with Crippen molar-refractivity contribution in [2.75, 3.05) is 0 Å². The lowest BCUT2D eigenvalue weighted by Crippen LogP contribution is -2.04. The van der Waals surface area contributed by atoms with Crippen molar-refractivity contribution in [2.24, 2.45) is 0 Å². The molecule has 0 bridgehead atoms. The molecular weight excluding hydrogens is 623 g/mol. The van der Waals surface area contributed by atoms with Crippen molar-refractivity contribution in [3.8, 4) is 44.9 Å². The number of phosphoric acid groups is 1. The van der Waals surface area contributed by atoms with Crippen LogP contribution in [0.15, 0.2) is 97.1 Å². The van der Waals surface area contributed by atoms with Gasteiger partial charge in [-0.05, 0) is 90.7 Å². The lowest BCUT2D eigenvalue weighted by Gasteiger charge is -2.24. The van der Waals surface area contributed by atoms with E-state index in [4.69, 9.17) is 9.05 Å². The third-order valence-corrected chi connectivity index (χ3v) is 10.8. The molecule has 0 unspecified atom stereocenters. The van der Waals surface area contributed by atoms with Crippen molar-refractivity contribution >= 4 is 29.4 Å². The molecule has 0 saturated heterocycles. The van der Waals surface area contributed by atoms with E-state index in [1.807, 2.05) is 24.3 Å². The summed E-state index contributed by atoms with van der Waals surface area (Å²) >= 11 is 0. The van der Waals surface area contributed by atoms with Gasteiger partial charge in [-0.25, -0.2) is 4.57 Å². The van der Waals surface area contributed by atoms with Crippen LogP contribution in [-0.4, -0.2) is 4.89 Å². The van der Waals surface area contributed by atoms with Gasteiger partial charge in [-0.3, -0.25) is 4.89 Å². The Morgan fingerprint density at radius 3 is 1.12 bits per heavy atom. The molecular formula is C44H45O4P. The minimum absolute atomic E-state index is 0.209. The highest BCUT2D eigenvalue weighted by atomic mass is 31.2. The molecule has 49 heavy (non-hydrogen) atoms. The highest BCUT2D eigenvalue weighted by Gasteiger charge is 2.39. The van der Waals surface area contributed by atoms with Gasteiger partial charge in [0.1, 0.15) is 11.5 Å². The molecule has 1 aliphatic heterocycles. The zero-order valence-electron chi connectivity index (χ0n) is 29.7. The largest absolute Gasteiger partial charge is 0.584 e. The molecule has 5 heteroatoms. The number of rotatable bonds is 6. The summed E-state index contributed by atoms with van der Waals surface area (Å²) in [4.78, 5) is 11.8. The van der Waals surface area contributed by atoms with Crippen molar-refractivity contribution in [1.82, 2.24) is 0 Å². The normalized spacial score (nSPS) is 13.9. The Morgan fingerprint density at radius 1 is 0.469 bits per heavy atom. The predicted molar refractivity (Wildman–Crippen MR) is 205 cm³/mol. The van der Waals surface area contributed by atoms with E-state index in [1.165, 1.54) is 0 Å². The highest BCUT2D eigenvalue weighted by molar-refractivity contribution is 7.48. The number of benzene rings is 6. The van der Waals surface area contributed by atoms with Crippen LogP contribution in [0.5, 0.6) is 11.5 Å². The minimum atomic E-state index is -4.70. The Kier molecular flexibility index (Phi) is 8.46. The van der Waals surface area contributed by atoms with E-state index < -0.39 is 7.82 Å². The van der Waals surface area contributed by atoms with Crippen molar-refractivity contribution in [3.05, 3.63) is 119 Å². The SMILES string of the molecule is CC(C)c1cccc(C(C)C)c1-c1cc2ccccc2c2c1OP(=O)(O)Oc1c(-c3c(C(C)C)cccc3C(C)C)cc3ccccc3c1-2. The Morgan fingerprint density at radius 2 is 0.796 bits per heavy atom. The van der Waals surface area contributed by atoms with Crippen LogP contribution in [0.4, 0.5) is 0 Å². The zero-order chi connectivity index (χ0) is 34.8. The monoisotopic (exact) mass is 668 g/mol. The van der Waals surface area contributed by atoms with Crippen LogP contribution in [0.1, 0.15) is 101 Å². The van der Waals surface area contributed by atoms with Gasteiger partial charge in [0, 0.05) is 22.3 Å². The molecule has 0 saturated carbocycles. The van der Waals surface area contributed by atoms with Crippen LogP contribution in [0.2, 0.25) is 0 Å². The van der Waals surface area contributed by atoms with Crippen molar-refractivity contribution < 1.29 is 18.5 Å². The molecule has 6 aromatic carbocycles. The van der Waals surface area contributed by atoms with Crippen LogP contribution < -0.4 is 9.05 Å². The first-order valence-electron chi connectivity index (χ1n) is 17.5. The number of hydrogen-bond acceptors (Lipinski definition) is 3. The number of phosphoric ester groups is 1. The maximum atomic E-state index is 14.4. The first-order chi connectivity index (χ1) is 23.4. The predicted octanol–water partition coefficient (Wildman–Crippen LogP) is 13.4. The Labute approximate surface area is 290 Å². The van der Waals surface area contributed by atoms with E-state index in [0.717, 1.165) is 77.2 Å². The molecule has 0 aromatic heterocycles. The van der Waals surface area contributed by atoms with Gasteiger partial charge >= 0.3 is 7.82 Å². The molecule has 0 aliphatic carbocycles. The Bertz CT molecular complexity index is 2080. The Balaban J connectivity index is 1.74. The van der Waals surface area contributed by atoms with E-state index >= 15 is 0 Å². The van der Waals surface area contributed by atoms with Gasteiger partial charge in [0.05, 0.1) is 0 Å². The van der Waals surface area contributed by atoms with E-state index in [9.17, 15) is 9.46 Å². The maximum absolute atomic E-state index is 14.4. The summed E-state index contributed by atoms with van der Waals surface area (Å²) in [6.07, 6.45) is 0. The molecule has 0 radical (unpaired) electrons. The van der Waals surface area contributed by atoms with Crippen LogP contribution >= 0.6 is 7.82 Å². The first-order valence-corrected chi connectivity index (χ1v) is 19.0. The molecule has 250 valence electrons. The molecule has 0 atom stereocenters. The summed E-state index contributed by atoms with van der Waals surface area (Å²) in [7, 11) is -4.70. The molecule has 0 fully saturated rings. The second-order valence-corrected chi connectivity index (χ2v) is 15.9. The fraction of sp³-hybridized carbons (Fsp3) is 0.273. The minimum Gasteiger partial charge on any atom is -0.394 e. The maximum Gasteiger partial charge on any atom is 0.584 e. The molecule has 1 N–H and O–H groups in total. The van der Waals surface area contributed by atoms with Crippen molar-refractivity contribution in [2.45, 2.75) is 79.1 Å². The molecule has 6 aromatic rings. The second kappa shape index (κ2) is 12.5. The fourth-order valence-corrected chi connectivity index (χ4v) is 8.57. The van der Waals surface area contributed by atoms with Crippen molar-refractivity contribution in [3.63, 3.8) is 0 Å². The standard InChI is InChI=1S/C44H45O4P/c1-25(2)31-19-13-20-32(26(3)4)39(31)37-23-29-15-9-11-17-35(29)41-42-36-18-12-10-16-30(36)24-38(44(42)48-49(45,46)47-43(37)41)40-33(27(5)6)21-14-22-34(40)28(7)8/h9-28H,1-8H3,(H,45,46). The van der Waals surface area contributed by atoms with Crippen LogP contribution in [-0.2, 0) is 4.57 Å². The topological polar surface area (TPSA) is 55.8 Å². The van der Waals surface area contributed by atoms with Gasteiger partial charge < -0.3 is 9.05 Å². The van der Waals surface area contributed by atoms with Crippen LogP contribution in [0.3, 0.4) is 0 Å². The average Bonchev–Trinajstić information content (AvgIpc) is 3.20. The van der Waals surface area contributed by atoms with Gasteiger partial charge in [0.2, 0.25) is 0 Å². The number of fused-ring (bicyclic) bond motifs is 7. The van der Waals surface area contributed by atoms with E-state index in [0.29, 0.717) is 11.5 Å². The van der Waals surface area contributed by atoms with Crippen LogP contribution in [0, 0.1) is 0 Å². The zero-order valence-corrected chi connectivity index (χ0v) is 30.6. The third-order valence-electron chi connectivity index (χ3n) is 9.95. The van der Waals surface area contributed by atoms with Gasteiger partial charge in [-0.2, -0.15) is 0 Å². The molecule has 0 spiro atoms. The molecule has 4 nitrogen and oxygen atoms in total. The fourth-order valence-electron chi connectivity index (χ4n) is 7.69. The molecule has 1 aliphatic rings. The van der Waals surface area contributed by atoms with Gasteiger partial charge in [0.25, 0.3) is 0 Å². The smallest absolute Gasteiger partial charge is 0.394 e. The van der Waals surface area contributed by atoms with E-state index in [-0.39, 0.29) is 23.7 Å². The van der Waals surface area contributed by atoms with Crippen molar-refractivity contribution in [1.29, 1.82) is 0 Å². The summed E-state index contributed by atoms with van der Waals surface area (Å²) in [5.74, 6) is 1.59. The molecule has 0 amide bonds. The van der Waals surface area contributed by atoms with Gasteiger partial charge in [-0.1, -0.05) is 140 Å². The molecule has 1 heterocycles. The Hall–Kier alpha value is -4.37. The average molecular weight is 669 g/mol. The van der Waals surface area contributed by atoms with E-state index in [2.05, 4.69) is 128 Å². The summed E-state index contributed by atoms with van der Waals surface area (Å²) in [6, 6.07) is 33.7. The van der Waals surface area contributed by atoms with E-state index in [1.54, 1.807) is 0 Å². The summed E-state index contributed by atoms with van der Waals surface area (Å²) in [6.45, 7) is 17.5. The molecule has 7 rings (SSSR count). The third kappa shape index (κ3) is 5.66. The number of hydrogen-bond donors (Lipinski definition) is 1. The lowest BCUT2D eigenvalue weighted by atomic mass is 9.80. The highest BCUT2D eigenvalue weighted by Crippen LogP contribution is 2.62.